The normalized spacial score (nSPS) is 16.4. The number of fused-ring (bicyclic) bond motifs is 1. The number of aromatic nitrogens is 4. The van der Waals surface area contributed by atoms with Gasteiger partial charge in [0.1, 0.15) is 11.8 Å². The van der Waals surface area contributed by atoms with Crippen LogP contribution in [0.25, 0.3) is 5.78 Å². The van der Waals surface area contributed by atoms with Crippen molar-refractivity contribution in [1.82, 2.24) is 24.6 Å². The van der Waals surface area contributed by atoms with Crippen LogP contribution in [-0.4, -0.2) is 42.0 Å². The molecule has 0 bridgehead atoms. The number of aryl methyl sites for hydroxylation is 2. The number of hydrogen-bond acceptors (Lipinski definition) is 8. The van der Waals surface area contributed by atoms with Gasteiger partial charge in [0.25, 0.3) is 11.7 Å². The van der Waals surface area contributed by atoms with Crippen molar-refractivity contribution in [2.75, 3.05) is 5.75 Å². The SMILES string of the molecule is Cc1cc(C)n2nc(SCC(=O)N3N=C(c4cccs4)CC3c3ccco3)nc2n1. The predicted molar refractivity (Wildman–Crippen MR) is 115 cm³/mol. The fourth-order valence-electron chi connectivity index (χ4n) is 3.44. The molecule has 0 radical (unpaired) electrons. The van der Waals surface area contributed by atoms with Gasteiger partial charge in [-0.2, -0.15) is 10.1 Å². The molecule has 4 aromatic heterocycles. The lowest BCUT2D eigenvalue weighted by Crippen LogP contribution is -2.28. The van der Waals surface area contributed by atoms with E-state index in [-0.39, 0.29) is 17.7 Å². The summed E-state index contributed by atoms with van der Waals surface area (Å²) in [5.74, 6) is 1.32. The van der Waals surface area contributed by atoms with Crippen molar-refractivity contribution in [3.8, 4) is 0 Å². The molecule has 1 unspecified atom stereocenters. The molecule has 0 spiro atoms. The summed E-state index contributed by atoms with van der Waals surface area (Å²) in [4.78, 5) is 23.0. The number of furan rings is 1. The minimum Gasteiger partial charge on any atom is -0.467 e. The van der Waals surface area contributed by atoms with E-state index in [0.29, 0.717) is 17.4 Å². The standard InChI is InChI=1S/C20H18N6O2S2/c1-12-9-13(2)25-19(21-12)22-20(24-25)30-11-18(27)26-15(16-5-3-7-28-16)10-14(23-26)17-6-4-8-29-17/h3-9,15H,10-11H2,1-2H3. The Balaban J connectivity index is 1.36. The van der Waals surface area contributed by atoms with E-state index in [9.17, 15) is 4.79 Å². The molecule has 0 aliphatic carbocycles. The molecule has 0 saturated carbocycles. The number of thiophene rings is 1. The summed E-state index contributed by atoms with van der Waals surface area (Å²) < 4.78 is 7.27. The Bertz CT molecular complexity index is 1230. The van der Waals surface area contributed by atoms with Crippen LogP contribution in [0.3, 0.4) is 0 Å². The van der Waals surface area contributed by atoms with Gasteiger partial charge in [-0.05, 0) is 43.5 Å². The molecule has 0 N–H and O–H groups in total. The molecule has 0 fully saturated rings. The van der Waals surface area contributed by atoms with Crippen LogP contribution in [0.4, 0.5) is 0 Å². The van der Waals surface area contributed by atoms with Crippen molar-refractivity contribution in [1.29, 1.82) is 0 Å². The molecular formula is C20H18N6O2S2. The first-order valence-corrected chi connectivity index (χ1v) is 11.3. The Hall–Kier alpha value is -2.98. The highest BCUT2D eigenvalue weighted by molar-refractivity contribution is 7.99. The van der Waals surface area contributed by atoms with Crippen molar-refractivity contribution in [2.45, 2.75) is 31.5 Å². The van der Waals surface area contributed by atoms with Crippen LogP contribution in [0.15, 0.2) is 56.7 Å². The maximum Gasteiger partial charge on any atom is 0.253 e. The average Bonchev–Trinajstić information content (AvgIpc) is 3.51. The summed E-state index contributed by atoms with van der Waals surface area (Å²) >= 11 is 2.90. The van der Waals surface area contributed by atoms with Gasteiger partial charge in [-0.1, -0.05) is 17.8 Å². The zero-order valence-electron chi connectivity index (χ0n) is 16.3. The quantitative estimate of drug-likeness (QED) is 0.440. The summed E-state index contributed by atoms with van der Waals surface area (Å²) in [5.41, 5.74) is 2.73. The maximum absolute atomic E-state index is 13.1. The third kappa shape index (κ3) is 3.52. The van der Waals surface area contributed by atoms with Gasteiger partial charge >= 0.3 is 0 Å². The monoisotopic (exact) mass is 438 g/mol. The van der Waals surface area contributed by atoms with Crippen molar-refractivity contribution in [3.63, 3.8) is 0 Å². The van der Waals surface area contributed by atoms with Gasteiger partial charge < -0.3 is 4.42 Å². The van der Waals surface area contributed by atoms with Crippen LogP contribution in [0.1, 0.15) is 34.5 Å². The average molecular weight is 439 g/mol. The molecule has 5 rings (SSSR count). The molecule has 1 amide bonds. The maximum atomic E-state index is 13.1. The second kappa shape index (κ2) is 7.69. The molecular weight excluding hydrogens is 420 g/mol. The summed E-state index contributed by atoms with van der Waals surface area (Å²) in [6.45, 7) is 3.87. The Kier molecular flexibility index (Phi) is 4.87. The van der Waals surface area contributed by atoms with E-state index in [0.717, 1.165) is 27.7 Å². The van der Waals surface area contributed by atoms with Crippen LogP contribution in [-0.2, 0) is 4.79 Å². The largest absolute Gasteiger partial charge is 0.467 e. The first-order valence-electron chi connectivity index (χ1n) is 9.39. The molecule has 5 heterocycles. The minimum absolute atomic E-state index is 0.118. The highest BCUT2D eigenvalue weighted by Crippen LogP contribution is 2.34. The summed E-state index contributed by atoms with van der Waals surface area (Å²) in [5, 5.41) is 13.1. The first-order chi connectivity index (χ1) is 14.6. The highest BCUT2D eigenvalue weighted by atomic mass is 32.2. The van der Waals surface area contributed by atoms with Crippen molar-refractivity contribution >= 4 is 40.5 Å². The van der Waals surface area contributed by atoms with Crippen LogP contribution in [0.2, 0.25) is 0 Å². The molecule has 1 aliphatic rings. The number of rotatable bonds is 5. The van der Waals surface area contributed by atoms with E-state index in [2.05, 4.69) is 20.2 Å². The van der Waals surface area contributed by atoms with Crippen molar-refractivity contribution in [3.05, 3.63) is 64.0 Å². The second-order valence-electron chi connectivity index (χ2n) is 6.93. The molecule has 1 atom stereocenters. The van der Waals surface area contributed by atoms with E-state index in [4.69, 9.17) is 4.42 Å². The fourth-order valence-corrected chi connectivity index (χ4v) is 4.83. The van der Waals surface area contributed by atoms with Crippen molar-refractivity contribution < 1.29 is 9.21 Å². The molecule has 10 heteroatoms. The molecule has 0 saturated heterocycles. The molecule has 0 aromatic carbocycles. The van der Waals surface area contributed by atoms with Gasteiger partial charge in [-0.15, -0.1) is 16.4 Å². The lowest BCUT2D eigenvalue weighted by Gasteiger charge is -2.19. The van der Waals surface area contributed by atoms with Crippen LogP contribution in [0.5, 0.6) is 0 Å². The Labute approximate surface area is 180 Å². The summed E-state index contributed by atoms with van der Waals surface area (Å²) in [7, 11) is 0. The topological polar surface area (TPSA) is 88.9 Å². The van der Waals surface area contributed by atoms with E-state index < -0.39 is 0 Å². The lowest BCUT2D eigenvalue weighted by molar-refractivity contribution is -0.130. The lowest BCUT2D eigenvalue weighted by atomic mass is 10.1. The van der Waals surface area contributed by atoms with Gasteiger partial charge in [-0.25, -0.2) is 14.5 Å². The smallest absolute Gasteiger partial charge is 0.253 e. The van der Waals surface area contributed by atoms with E-state index in [1.807, 2.05) is 49.6 Å². The molecule has 8 nitrogen and oxygen atoms in total. The summed E-state index contributed by atoms with van der Waals surface area (Å²) in [6.07, 6.45) is 2.24. The van der Waals surface area contributed by atoms with E-state index in [1.54, 1.807) is 22.1 Å². The predicted octanol–water partition coefficient (Wildman–Crippen LogP) is 3.87. The number of amides is 1. The molecule has 1 aliphatic heterocycles. The highest BCUT2D eigenvalue weighted by Gasteiger charge is 2.35. The molecule has 4 aromatic rings. The molecule has 152 valence electrons. The summed E-state index contributed by atoms with van der Waals surface area (Å²) in [6, 6.07) is 9.41. The van der Waals surface area contributed by atoms with Gasteiger partial charge in [-0.3, -0.25) is 4.79 Å². The van der Waals surface area contributed by atoms with Gasteiger partial charge in [0.2, 0.25) is 5.16 Å². The van der Waals surface area contributed by atoms with Gasteiger partial charge in [0.15, 0.2) is 0 Å². The minimum atomic E-state index is -0.245. The Morgan fingerprint density at radius 2 is 2.20 bits per heavy atom. The van der Waals surface area contributed by atoms with Gasteiger partial charge in [0, 0.05) is 17.8 Å². The number of hydrazone groups is 1. The van der Waals surface area contributed by atoms with Crippen LogP contribution < -0.4 is 0 Å². The zero-order chi connectivity index (χ0) is 20.7. The fraction of sp³-hybridized carbons (Fsp3) is 0.250. The van der Waals surface area contributed by atoms with Gasteiger partial charge in [0.05, 0.1) is 22.6 Å². The van der Waals surface area contributed by atoms with Crippen molar-refractivity contribution in [2.24, 2.45) is 5.10 Å². The third-order valence-electron chi connectivity index (χ3n) is 4.77. The van der Waals surface area contributed by atoms with E-state index >= 15 is 0 Å². The molecule has 30 heavy (non-hydrogen) atoms. The Morgan fingerprint density at radius 1 is 1.30 bits per heavy atom. The number of carbonyl (C=O) groups excluding carboxylic acids is 1. The second-order valence-corrected chi connectivity index (χ2v) is 8.82. The number of thioether (sulfide) groups is 1. The number of nitrogens with zero attached hydrogens (tertiary/aromatic N) is 6. The number of carbonyl (C=O) groups is 1. The van der Waals surface area contributed by atoms with Crippen LogP contribution >= 0.6 is 23.1 Å². The zero-order valence-corrected chi connectivity index (χ0v) is 18.0. The number of hydrogen-bond donors (Lipinski definition) is 0. The Morgan fingerprint density at radius 3 is 2.97 bits per heavy atom. The first kappa shape index (κ1) is 19.0. The van der Waals surface area contributed by atoms with Crippen LogP contribution in [0, 0.1) is 13.8 Å². The van der Waals surface area contributed by atoms with E-state index in [1.165, 1.54) is 16.8 Å². The third-order valence-corrected chi connectivity index (χ3v) is 6.51.